The second-order valence-corrected chi connectivity index (χ2v) is 12.2. The molecule has 216 valence electrons. The van der Waals surface area contributed by atoms with Crippen LogP contribution >= 0.6 is 11.3 Å². The van der Waals surface area contributed by atoms with Crippen molar-refractivity contribution in [1.82, 2.24) is 19.9 Å². The molecule has 0 aliphatic rings. The van der Waals surface area contributed by atoms with E-state index < -0.39 is 0 Å². The molecule has 5 aromatic carbocycles. The second-order valence-electron chi connectivity index (χ2n) is 11.2. The Bertz CT molecular complexity index is 2520. The van der Waals surface area contributed by atoms with Crippen molar-refractivity contribution in [3.8, 4) is 55.6 Å². The summed E-state index contributed by atoms with van der Waals surface area (Å²) in [6.45, 7) is 0. The Morgan fingerprint density at radius 3 is 2.17 bits per heavy atom. The number of oxazole rings is 1. The van der Waals surface area contributed by atoms with Crippen LogP contribution in [0.1, 0.15) is 0 Å². The Kier molecular flexibility index (Phi) is 6.25. The first kappa shape index (κ1) is 26.4. The summed E-state index contributed by atoms with van der Waals surface area (Å²) >= 11 is 1.71. The predicted molar refractivity (Wildman–Crippen MR) is 187 cm³/mol. The number of hydrogen-bond donors (Lipinski definition) is 0. The zero-order valence-electron chi connectivity index (χ0n) is 24.5. The van der Waals surface area contributed by atoms with Crippen molar-refractivity contribution < 1.29 is 4.42 Å². The highest BCUT2D eigenvalue weighted by Crippen LogP contribution is 2.40. The Labute approximate surface area is 268 Å². The van der Waals surface area contributed by atoms with Gasteiger partial charge in [-0.3, -0.25) is 9.97 Å². The number of hydrogen-bond acceptors (Lipinski definition) is 6. The van der Waals surface area contributed by atoms with Gasteiger partial charge in [0.1, 0.15) is 5.01 Å². The van der Waals surface area contributed by atoms with E-state index in [1.165, 1.54) is 0 Å². The molecule has 0 saturated heterocycles. The number of rotatable bonds is 5. The van der Waals surface area contributed by atoms with Crippen molar-refractivity contribution in [3.63, 3.8) is 0 Å². The molecule has 4 heterocycles. The third kappa shape index (κ3) is 4.64. The SMILES string of the molecule is c1ccc(-c2ncc(-c3cccc(-c4cc(-c5nc6ccccc6s5)cc(-c5cc6cccnc6c6ncccc56)c4)c3)o2)cc1. The molecule has 46 heavy (non-hydrogen) atoms. The molecule has 9 aromatic rings. The maximum atomic E-state index is 6.22. The highest BCUT2D eigenvalue weighted by molar-refractivity contribution is 7.21. The molecule has 0 atom stereocenters. The molecule has 0 bridgehead atoms. The summed E-state index contributed by atoms with van der Waals surface area (Å²) in [7, 11) is 0. The van der Waals surface area contributed by atoms with E-state index in [0.717, 1.165) is 81.7 Å². The molecular weight excluding hydrogens is 585 g/mol. The monoisotopic (exact) mass is 608 g/mol. The average molecular weight is 609 g/mol. The summed E-state index contributed by atoms with van der Waals surface area (Å²) in [4.78, 5) is 19.0. The van der Waals surface area contributed by atoms with Crippen molar-refractivity contribution in [2.75, 3.05) is 0 Å². The van der Waals surface area contributed by atoms with Gasteiger partial charge < -0.3 is 4.42 Å². The second kappa shape index (κ2) is 10.9. The fourth-order valence-electron chi connectivity index (χ4n) is 6.06. The minimum atomic E-state index is 0.604. The van der Waals surface area contributed by atoms with E-state index in [1.807, 2.05) is 60.9 Å². The molecule has 0 N–H and O–H groups in total. The summed E-state index contributed by atoms with van der Waals surface area (Å²) in [6, 6.07) is 43.9. The summed E-state index contributed by atoms with van der Waals surface area (Å²) < 4.78 is 7.39. The lowest BCUT2D eigenvalue weighted by atomic mass is 9.92. The van der Waals surface area contributed by atoms with Gasteiger partial charge in [-0.15, -0.1) is 11.3 Å². The van der Waals surface area contributed by atoms with E-state index >= 15 is 0 Å². The number of thiazole rings is 1. The molecule has 0 unspecified atom stereocenters. The smallest absolute Gasteiger partial charge is 0.226 e. The van der Waals surface area contributed by atoms with Gasteiger partial charge in [0.25, 0.3) is 0 Å². The average Bonchev–Trinajstić information content (AvgIpc) is 3.80. The van der Waals surface area contributed by atoms with Crippen molar-refractivity contribution in [1.29, 1.82) is 0 Å². The number of fused-ring (bicyclic) bond motifs is 4. The van der Waals surface area contributed by atoms with Crippen LogP contribution in [0.4, 0.5) is 0 Å². The normalized spacial score (nSPS) is 11.5. The predicted octanol–water partition coefficient (Wildman–Crippen LogP) is 10.7. The van der Waals surface area contributed by atoms with Crippen molar-refractivity contribution >= 4 is 43.4 Å². The van der Waals surface area contributed by atoms with E-state index in [1.54, 1.807) is 17.5 Å². The van der Waals surface area contributed by atoms with E-state index in [9.17, 15) is 0 Å². The van der Waals surface area contributed by atoms with Gasteiger partial charge >= 0.3 is 0 Å². The molecule has 0 aliphatic carbocycles. The van der Waals surface area contributed by atoms with Crippen LogP contribution in [0, 0.1) is 0 Å². The first-order chi connectivity index (χ1) is 22.8. The molecule has 0 amide bonds. The molecule has 9 rings (SSSR count). The Hall–Kier alpha value is -5.98. The third-order valence-electron chi connectivity index (χ3n) is 8.25. The number of benzene rings is 5. The van der Waals surface area contributed by atoms with Gasteiger partial charge in [0.15, 0.2) is 5.76 Å². The number of pyridine rings is 2. The lowest BCUT2D eigenvalue weighted by Crippen LogP contribution is -1.91. The molecule has 0 radical (unpaired) electrons. The van der Waals surface area contributed by atoms with Crippen LogP contribution in [0.2, 0.25) is 0 Å². The van der Waals surface area contributed by atoms with E-state index in [2.05, 4.69) is 88.8 Å². The minimum Gasteiger partial charge on any atom is -0.436 e. The minimum absolute atomic E-state index is 0.604. The van der Waals surface area contributed by atoms with E-state index in [-0.39, 0.29) is 0 Å². The highest BCUT2D eigenvalue weighted by atomic mass is 32.1. The first-order valence-electron chi connectivity index (χ1n) is 15.0. The van der Waals surface area contributed by atoms with Crippen molar-refractivity contribution in [2.24, 2.45) is 0 Å². The number of aromatic nitrogens is 4. The molecule has 0 aliphatic heterocycles. The Balaban J connectivity index is 1.23. The molecule has 6 heteroatoms. The Morgan fingerprint density at radius 1 is 0.522 bits per heavy atom. The van der Waals surface area contributed by atoms with Crippen LogP contribution in [0.15, 0.2) is 150 Å². The standard InChI is InChI=1S/C40H24N4OS/c1-2-9-25(10-3-1)39-43-24-35(45-39)27-12-6-11-26(19-27)29-20-30(22-31(21-29)40-44-34-15-4-5-16-36(34)46-40)33-23-28-13-7-17-41-37(28)38-32(33)14-8-18-42-38/h1-24H. The van der Waals surface area contributed by atoms with E-state index in [4.69, 9.17) is 14.4 Å². The highest BCUT2D eigenvalue weighted by Gasteiger charge is 2.16. The summed E-state index contributed by atoms with van der Waals surface area (Å²) in [5.41, 5.74) is 10.1. The fraction of sp³-hybridized carbons (Fsp3) is 0. The van der Waals surface area contributed by atoms with Crippen LogP contribution in [0.3, 0.4) is 0 Å². The summed E-state index contributed by atoms with van der Waals surface area (Å²) in [5.74, 6) is 1.33. The van der Waals surface area contributed by atoms with Crippen LogP contribution in [0.25, 0.3) is 87.6 Å². The lowest BCUT2D eigenvalue weighted by Gasteiger charge is -2.13. The lowest BCUT2D eigenvalue weighted by molar-refractivity contribution is 0.589. The topological polar surface area (TPSA) is 64.7 Å². The molecule has 0 fully saturated rings. The van der Waals surface area contributed by atoms with Gasteiger partial charge in [-0.25, -0.2) is 9.97 Å². The molecule has 5 nitrogen and oxygen atoms in total. The van der Waals surface area contributed by atoms with Gasteiger partial charge in [-0.05, 0) is 89.0 Å². The molecule has 0 spiro atoms. The summed E-state index contributed by atoms with van der Waals surface area (Å²) in [5, 5.41) is 3.09. The molecule has 4 aromatic heterocycles. The van der Waals surface area contributed by atoms with E-state index in [0.29, 0.717) is 5.89 Å². The van der Waals surface area contributed by atoms with Crippen LogP contribution < -0.4 is 0 Å². The quantitative estimate of drug-likeness (QED) is 0.182. The number of para-hydroxylation sites is 1. The zero-order chi connectivity index (χ0) is 30.5. The van der Waals surface area contributed by atoms with Gasteiger partial charge in [-0.1, -0.05) is 60.7 Å². The van der Waals surface area contributed by atoms with Gasteiger partial charge in [0.05, 0.1) is 27.4 Å². The van der Waals surface area contributed by atoms with Crippen LogP contribution in [-0.2, 0) is 0 Å². The largest absolute Gasteiger partial charge is 0.436 e. The number of nitrogens with zero attached hydrogens (tertiary/aromatic N) is 4. The van der Waals surface area contributed by atoms with Crippen LogP contribution in [0.5, 0.6) is 0 Å². The summed E-state index contributed by atoms with van der Waals surface area (Å²) in [6.07, 6.45) is 5.46. The van der Waals surface area contributed by atoms with Crippen molar-refractivity contribution in [2.45, 2.75) is 0 Å². The van der Waals surface area contributed by atoms with Crippen LogP contribution in [-0.4, -0.2) is 19.9 Å². The zero-order valence-corrected chi connectivity index (χ0v) is 25.3. The fourth-order valence-corrected chi connectivity index (χ4v) is 7.01. The maximum absolute atomic E-state index is 6.22. The Morgan fingerprint density at radius 2 is 1.26 bits per heavy atom. The van der Waals surface area contributed by atoms with Gasteiger partial charge in [0.2, 0.25) is 5.89 Å². The van der Waals surface area contributed by atoms with Crippen molar-refractivity contribution in [3.05, 3.63) is 146 Å². The molecule has 0 saturated carbocycles. The first-order valence-corrected chi connectivity index (χ1v) is 15.8. The van der Waals surface area contributed by atoms with Gasteiger partial charge in [-0.2, -0.15) is 0 Å². The van der Waals surface area contributed by atoms with Gasteiger partial charge in [0, 0.05) is 39.9 Å². The maximum Gasteiger partial charge on any atom is 0.226 e. The molecular formula is C40H24N4OS. The third-order valence-corrected chi connectivity index (χ3v) is 9.34.